The van der Waals surface area contributed by atoms with Gasteiger partial charge in [-0.1, -0.05) is 48.0 Å². The van der Waals surface area contributed by atoms with Gasteiger partial charge in [-0.3, -0.25) is 14.6 Å². The number of rotatable bonds is 5. The summed E-state index contributed by atoms with van der Waals surface area (Å²) in [6.45, 7) is 2.76. The first-order valence-electron chi connectivity index (χ1n) is 8.22. The Kier molecular flexibility index (Phi) is 3.90. The fourth-order valence-corrected chi connectivity index (χ4v) is 2.91. The molecule has 5 heteroatoms. The second-order valence-electron chi connectivity index (χ2n) is 6.25. The van der Waals surface area contributed by atoms with Crippen LogP contribution in [0.3, 0.4) is 0 Å². The van der Waals surface area contributed by atoms with E-state index >= 15 is 0 Å². The van der Waals surface area contributed by atoms with Crippen molar-refractivity contribution in [3.8, 4) is 0 Å². The maximum absolute atomic E-state index is 12.6. The molecule has 0 saturated heterocycles. The van der Waals surface area contributed by atoms with Crippen LogP contribution in [0.4, 0.5) is 0 Å². The average Bonchev–Trinajstić information content (AvgIpc) is 3.23. The molecule has 124 valence electrons. The van der Waals surface area contributed by atoms with Crippen LogP contribution < -0.4 is 0 Å². The summed E-state index contributed by atoms with van der Waals surface area (Å²) in [4.78, 5) is 12.6. The number of Topliss-reactive ketones (excluding diaryl/α,β-unsaturated/α-hetero) is 1. The molecule has 0 spiro atoms. The largest absolute Gasteiger partial charge is 0.292 e. The minimum Gasteiger partial charge on any atom is -0.292 e. The van der Waals surface area contributed by atoms with Gasteiger partial charge in [0.2, 0.25) is 0 Å². The number of benzene rings is 2. The Morgan fingerprint density at radius 1 is 1.08 bits per heavy atom. The van der Waals surface area contributed by atoms with E-state index in [4.69, 9.17) is 0 Å². The minimum atomic E-state index is -0.00710. The van der Waals surface area contributed by atoms with E-state index in [1.807, 2.05) is 35.1 Å². The Labute approximate surface area is 145 Å². The van der Waals surface area contributed by atoms with Crippen molar-refractivity contribution in [2.24, 2.45) is 0 Å². The van der Waals surface area contributed by atoms with E-state index in [1.54, 1.807) is 6.20 Å². The van der Waals surface area contributed by atoms with Gasteiger partial charge < -0.3 is 0 Å². The van der Waals surface area contributed by atoms with Gasteiger partial charge in [-0.2, -0.15) is 10.2 Å². The van der Waals surface area contributed by atoms with E-state index in [1.165, 1.54) is 11.1 Å². The first kappa shape index (κ1) is 15.3. The van der Waals surface area contributed by atoms with Crippen LogP contribution >= 0.6 is 0 Å². The Balaban J connectivity index is 1.49. The van der Waals surface area contributed by atoms with Crippen molar-refractivity contribution in [2.75, 3.05) is 0 Å². The van der Waals surface area contributed by atoms with Gasteiger partial charge >= 0.3 is 0 Å². The molecule has 2 aromatic heterocycles. The highest BCUT2D eigenvalue weighted by Gasteiger charge is 2.15. The number of ketones is 1. The summed E-state index contributed by atoms with van der Waals surface area (Å²) in [7, 11) is 0. The van der Waals surface area contributed by atoms with Gasteiger partial charge in [0.1, 0.15) is 5.69 Å². The molecule has 0 amide bonds. The summed E-state index contributed by atoms with van der Waals surface area (Å²) in [6.07, 6.45) is 3.97. The molecular weight excluding hydrogens is 312 g/mol. The second kappa shape index (κ2) is 6.36. The van der Waals surface area contributed by atoms with E-state index in [0.29, 0.717) is 18.7 Å². The zero-order valence-corrected chi connectivity index (χ0v) is 13.9. The zero-order chi connectivity index (χ0) is 17.2. The Morgan fingerprint density at radius 3 is 2.72 bits per heavy atom. The fraction of sp³-hybridized carbons (Fsp3) is 0.150. The third-order valence-electron chi connectivity index (χ3n) is 4.25. The lowest BCUT2D eigenvalue weighted by molar-refractivity contribution is 0.0989. The number of aromatic amines is 1. The molecule has 0 saturated carbocycles. The highest BCUT2D eigenvalue weighted by molar-refractivity contribution is 6.06. The third kappa shape index (κ3) is 3.21. The molecule has 25 heavy (non-hydrogen) atoms. The summed E-state index contributed by atoms with van der Waals surface area (Å²) in [5.41, 5.74) is 4.68. The molecule has 4 rings (SSSR count). The van der Waals surface area contributed by atoms with Crippen molar-refractivity contribution in [2.45, 2.75) is 19.9 Å². The van der Waals surface area contributed by atoms with Crippen molar-refractivity contribution in [1.29, 1.82) is 0 Å². The normalized spacial score (nSPS) is 11.1. The lowest BCUT2D eigenvalue weighted by atomic mass is 10.1. The van der Waals surface area contributed by atoms with Crippen molar-refractivity contribution in [1.82, 2.24) is 20.0 Å². The molecule has 0 aliphatic carbocycles. The number of carbonyl (C=O) groups excluding carboxylic acids is 1. The number of hydrogen-bond acceptors (Lipinski definition) is 3. The number of fused-ring (bicyclic) bond motifs is 1. The minimum absolute atomic E-state index is 0.00710. The van der Waals surface area contributed by atoms with Crippen LogP contribution in [0.15, 0.2) is 60.9 Å². The maximum Gasteiger partial charge on any atom is 0.188 e. The highest BCUT2D eigenvalue weighted by Crippen LogP contribution is 2.17. The molecule has 0 atom stereocenters. The van der Waals surface area contributed by atoms with E-state index in [-0.39, 0.29) is 5.78 Å². The predicted octanol–water partition coefficient (Wildman–Crippen LogP) is 3.54. The monoisotopic (exact) mass is 330 g/mol. The first-order valence-corrected chi connectivity index (χ1v) is 8.22. The predicted molar refractivity (Wildman–Crippen MR) is 96.6 cm³/mol. The van der Waals surface area contributed by atoms with Gasteiger partial charge in [0.05, 0.1) is 18.3 Å². The van der Waals surface area contributed by atoms with E-state index in [2.05, 4.69) is 46.5 Å². The molecule has 0 aliphatic heterocycles. The second-order valence-corrected chi connectivity index (χ2v) is 6.25. The van der Waals surface area contributed by atoms with Gasteiger partial charge in [-0.15, -0.1) is 0 Å². The molecule has 4 aromatic rings. The van der Waals surface area contributed by atoms with Gasteiger partial charge in [0, 0.05) is 18.0 Å². The maximum atomic E-state index is 12.6. The number of para-hydroxylation sites is 1. The standard InChI is InChI=1S/C20H18N4O/c1-14-6-8-15(9-7-14)12-24-13-16(11-21-24)10-19(25)20-17-4-2-3-5-18(17)22-23-20/h2-9,11,13H,10,12H2,1H3,(H,22,23). The fourth-order valence-electron chi connectivity index (χ4n) is 2.91. The summed E-state index contributed by atoms with van der Waals surface area (Å²) in [5, 5.41) is 12.3. The van der Waals surface area contributed by atoms with E-state index < -0.39 is 0 Å². The van der Waals surface area contributed by atoms with Gasteiger partial charge in [0.15, 0.2) is 5.78 Å². The van der Waals surface area contributed by atoms with Gasteiger partial charge in [-0.25, -0.2) is 0 Å². The Morgan fingerprint density at radius 2 is 1.88 bits per heavy atom. The SMILES string of the molecule is Cc1ccc(Cn2cc(CC(=O)c3n[nH]c4ccccc34)cn2)cc1. The Bertz CT molecular complexity index is 1030. The molecule has 0 unspecified atom stereocenters. The number of nitrogens with zero attached hydrogens (tertiary/aromatic N) is 3. The quantitative estimate of drug-likeness (QED) is 0.569. The molecule has 0 bridgehead atoms. The molecule has 0 fully saturated rings. The average molecular weight is 330 g/mol. The van der Waals surface area contributed by atoms with Crippen molar-refractivity contribution in [3.63, 3.8) is 0 Å². The van der Waals surface area contributed by atoms with Crippen LogP contribution in [0.5, 0.6) is 0 Å². The van der Waals surface area contributed by atoms with E-state index in [0.717, 1.165) is 16.5 Å². The third-order valence-corrected chi connectivity index (χ3v) is 4.25. The number of H-pyrrole nitrogens is 1. The number of carbonyl (C=O) groups is 1. The van der Waals surface area contributed by atoms with Crippen LogP contribution in [0, 0.1) is 6.92 Å². The lowest BCUT2D eigenvalue weighted by Crippen LogP contribution is -2.04. The summed E-state index contributed by atoms with van der Waals surface area (Å²) in [6, 6.07) is 16.0. The van der Waals surface area contributed by atoms with Crippen molar-refractivity contribution < 1.29 is 4.79 Å². The highest BCUT2D eigenvalue weighted by atomic mass is 16.1. The summed E-state index contributed by atoms with van der Waals surface area (Å²) in [5.74, 6) is -0.00710. The molecule has 0 aliphatic rings. The first-order chi connectivity index (χ1) is 12.2. The van der Waals surface area contributed by atoms with Crippen LogP contribution in [-0.4, -0.2) is 25.8 Å². The summed E-state index contributed by atoms with van der Waals surface area (Å²) >= 11 is 0. The van der Waals surface area contributed by atoms with E-state index in [9.17, 15) is 4.79 Å². The van der Waals surface area contributed by atoms with Crippen molar-refractivity contribution >= 4 is 16.7 Å². The van der Waals surface area contributed by atoms with Crippen LogP contribution in [0.25, 0.3) is 10.9 Å². The number of nitrogens with one attached hydrogen (secondary N) is 1. The topological polar surface area (TPSA) is 63.6 Å². The Hall–Kier alpha value is -3.21. The number of aryl methyl sites for hydroxylation is 1. The zero-order valence-electron chi connectivity index (χ0n) is 13.9. The smallest absolute Gasteiger partial charge is 0.188 e. The molecule has 2 aromatic carbocycles. The van der Waals surface area contributed by atoms with Crippen LogP contribution in [0.1, 0.15) is 27.2 Å². The van der Waals surface area contributed by atoms with Crippen molar-refractivity contribution in [3.05, 3.63) is 83.3 Å². The lowest BCUT2D eigenvalue weighted by Gasteiger charge is -2.02. The molecule has 1 N–H and O–H groups in total. The molecule has 0 radical (unpaired) electrons. The molecule has 5 nitrogen and oxygen atoms in total. The van der Waals surface area contributed by atoms with Gasteiger partial charge in [-0.05, 0) is 24.1 Å². The van der Waals surface area contributed by atoms with Crippen LogP contribution in [0.2, 0.25) is 0 Å². The summed E-state index contributed by atoms with van der Waals surface area (Å²) < 4.78 is 1.86. The molecule has 2 heterocycles. The van der Waals surface area contributed by atoms with Crippen LogP contribution in [-0.2, 0) is 13.0 Å². The number of hydrogen-bond donors (Lipinski definition) is 1. The van der Waals surface area contributed by atoms with Gasteiger partial charge in [0.25, 0.3) is 0 Å². The molecular formula is C20H18N4O. The number of aromatic nitrogens is 4.